The van der Waals surface area contributed by atoms with Crippen LogP contribution in [0, 0.1) is 0 Å². The first kappa shape index (κ1) is 39.5. The summed E-state index contributed by atoms with van der Waals surface area (Å²) in [6, 6.07) is 22.6. The van der Waals surface area contributed by atoms with Crippen molar-refractivity contribution in [2.24, 2.45) is 0 Å². The minimum atomic E-state index is -1.02. The molecule has 306 valence electrons. The second-order valence-corrected chi connectivity index (χ2v) is 15.0. The zero-order chi connectivity index (χ0) is 41.9. The molecule has 3 aliphatic heterocycles. The van der Waals surface area contributed by atoms with Crippen molar-refractivity contribution < 1.29 is 43.1 Å². The second-order valence-electron chi connectivity index (χ2n) is 15.0. The first-order valence-corrected chi connectivity index (χ1v) is 19.8. The molecule has 4 aliphatic rings. The summed E-state index contributed by atoms with van der Waals surface area (Å²) in [6.45, 7) is 1.24. The van der Waals surface area contributed by atoms with Crippen molar-refractivity contribution in [2.75, 3.05) is 35.6 Å². The number of ether oxygens (including phenoxy) is 1. The molecule has 0 aromatic heterocycles. The number of carbonyl (C=O) groups excluding carboxylic acids is 8. The minimum Gasteiger partial charge on any atom is -0.482 e. The van der Waals surface area contributed by atoms with Gasteiger partial charge < -0.3 is 30.9 Å². The average Bonchev–Trinajstić information content (AvgIpc) is 4.07. The number of carbonyl (C=O) groups is 8. The molecule has 5 N–H and O–H groups in total. The number of anilines is 3. The van der Waals surface area contributed by atoms with E-state index in [4.69, 9.17) is 4.74 Å². The van der Waals surface area contributed by atoms with Gasteiger partial charge in [0, 0.05) is 60.2 Å². The summed E-state index contributed by atoms with van der Waals surface area (Å²) in [7, 11) is 0. The second kappa shape index (κ2) is 16.9. The Morgan fingerprint density at radius 2 is 1.38 bits per heavy atom. The van der Waals surface area contributed by atoms with Gasteiger partial charge in [-0.05, 0) is 110 Å². The molecule has 8 amide bonds. The molecule has 2 fully saturated rings. The molecule has 0 radical (unpaired) electrons. The van der Waals surface area contributed by atoms with Gasteiger partial charge in [0.05, 0.1) is 16.8 Å². The number of nitrogens with one attached hydrogen (secondary N) is 5. The summed E-state index contributed by atoms with van der Waals surface area (Å²) < 4.78 is 5.49. The predicted octanol–water partition coefficient (Wildman–Crippen LogP) is 4.10. The molecule has 1 aliphatic carbocycles. The van der Waals surface area contributed by atoms with Crippen LogP contribution in [0.3, 0.4) is 0 Å². The van der Waals surface area contributed by atoms with Crippen LogP contribution in [0.4, 0.5) is 17.1 Å². The van der Waals surface area contributed by atoms with Crippen molar-refractivity contribution in [3.63, 3.8) is 0 Å². The Morgan fingerprint density at radius 3 is 2.13 bits per heavy atom. The zero-order valence-corrected chi connectivity index (χ0v) is 32.4. The molecule has 3 heterocycles. The van der Waals surface area contributed by atoms with Gasteiger partial charge in [-0.25, -0.2) is 0 Å². The number of nitrogens with zero attached hydrogens (tertiary/aromatic N) is 2. The quantitative estimate of drug-likeness (QED) is 0.0909. The molecule has 0 spiro atoms. The summed E-state index contributed by atoms with van der Waals surface area (Å²) in [5.74, 6) is -2.71. The Morgan fingerprint density at radius 1 is 0.700 bits per heavy atom. The van der Waals surface area contributed by atoms with Gasteiger partial charge in [0.15, 0.2) is 6.61 Å². The van der Waals surface area contributed by atoms with Gasteiger partial charge in [-0.15, -0.1) is 0 Å². The lowest BCUT2D eigenvalue weighted by Gasteiger charge is -2.27. The van der Waals surface area contributed by atoms with Crippen LogP contribution in [0.25, 0.3) is 0 Å². The summed E-state index contributed by atoms with van der Waals surface area (Å²) in [6.07, 6.45) is 3.33. The molecule has 16 heteroatoms. The van der Waals surface area contributed by atoms with E-state index in [0.29, 0.717) is 72.0 Å². The fourth-order valence-electron chi connectivity index (χ4n) is 7.36. The standard InChI is InChI=1S/C44H41N7O9/c52-37-18-17-35(41(56)49-37)51-43(58)32-15-12-30(22-33(32)44(51)59)45-19-1-2-20-46-39(54)26-7-10-29(11-8-26)47-40(55)27-5-3-25(4-6-27)23-50(31-13-14-31)42(57)28-9-16-34-36(21-28)60-24-38(53)48-34/h3-12,15-16,21-22,31,35,45H,1-2,13-14,17-20,23-24H2,(H,46,54)(H,47,55)(H,48,53)(H,49,52,56). The van der Waals surface area contributed by atoms with Crippen molar-refractivity contribution in [3.05, 3.63) is 118 Å². The van der Waals surface area contributed by atoms with Gasteiger partial charge in [0.25, 0.3) is 35.4 Å². The number of fused-ring (bicyclic) bond motifs is 2. The van der Waals surface area contributed by atoms with Crippen LogP contribution >= 0.6 is 0 Å². The molecule has 1 saturated carbocycles. The van der Waals surface area contributed by atoms with E-state index in [2.05, 4.69) is 26.6 Å². The van der Waals surface area contributed by atoms with Crippen LogP contribution < -0.4 is 31.3 Å². The Bertz CT molecular complexity index is 2430. The smallest absolute Gasteiger partial charge is 0.262 e. The number of unbranched alkanes of at least 4 members (excludes halogenated alkanes) is 1. The van der Waals surface area contributed by atoms with Crippen LogP contribution in [0.2, 0.25) is 0 Å². The van der Waals surface area contributed by atoms with Crippen LogP contribution in [-0.2, 0) is 20.9 Å². The molecule has 4 aromatic carbocycles. The molecule has 16 nitrogen and oxygen atoms in total. The fraction of sp³-hybridized carbons (Fsp3) is 0.273. The molecule has 1 atom stereocenters. The third-order valence-electron chi connectivity index (χ3n) is 10.7. The highest BCUT2D eigenvalue weighted by Gasteiger charge is 2.44. The molecule has 8 rings (SSSR count). The molecular weight excluding hydrogens is 771 g/mol. The Balaban J connectivity index is 0.760. The van der Waals surface area contributed by atoms with Crippen molar-refractivity contribution in [2.45, 2.75) is 57.2 Å². The Kier molecular flexibility index (Phi) is 11.1. The van der Waals surface area contributed by atoms with E-state index in [1.54, 1.807) is 72.8 Å². The number of rotatable bonds is 14. The van der Waals surface area contributed by atoms with Gasteiger partial charge in [0.1, 0.15) is 11.8 Å². The highest BCUT2D eigenvalue weighted by atomic mass is 16.5. The normalized spacial score (nSPS) is 16.8. The SMILES string of the molecule is O=C1CCC(N2C(=O)c3ccc(NCCCCNC(=O)c4ccc(NC(=O)c5ccc(CN(C(=O)c6ccc7c(c6)OCC(=O)N7)C6CC6)cc5)cc4)cc3C2=O)C(=O)N1. The van der Waals surface area contributed by atoms with E-state index >= 15 is 0 Å². The largest absolute Gasteiger partial charge is 0.482 e. The number of hydrogen-bond acceptors (Lipinski definition) is 10. The lowest BCUT2D eigenvalue weighted by Crippen LogP contribution is -2.54. The lowest BCUT2D eigenvalue weighted by molar-refractivity contribution is -0.136. The molecule has 4 aromatic rings. The van der Waals surface area contributed by atoms with Gasteiger partial charge in [-0.3, -0.25) is 48.6 Å². The van der Waals surface area contributed by atoms with Crippen LogP contribution in [0.5, 0.6) is 5.75 Å². The number of benzene rings is 4. The zero-order valence-electron chi connectivity index (χ0n) is 32.4. The minimum absolute atomic E-state index is 0.0513. The first-order valence-electron chi connectivity index (χ1n) is 19.8. The maximum absolute atomic E-state index is 13.5. The average molecular weight is 812 g/mol. The van der Waals surface area contributed by atoms with E-state index in [0.717, 1.165) is 23.3 Å². The summed E-state index contributed by atoms with van der Waals surface area (Å²) in [5, 5.41) is 13.9. The number of hydrogen-bond donors (Lipinski definition) is 5. The van der Waals surface area contributed by atoms with Crippen molar-refractivity contribution >= 4 is 64.3 Å². The lowest BCUT2D eigenvalue weighted by atomic mass is 10.0. The number of imide groups is 2. The first-order chi connectivity index (χ1) is 29.0. The van der Waals surface area contributed by atoms with Crippen molar-refractivity contribution in [1.82, 2.24) is 20.4 Å². The monoisotopic (exact) mass is 811 g/mol. The van der Waals surface area contributed by atoms with Crippen LogP contribution in [-0.4, -0.2) is 88.8 Å². The van der Waals surface area contributed by atoms with E-state index in [-0.39, 0.29) is 60.2 Å². The third kappa shape index (κ3) is 8.57. The maximum atomic E-state index is 13.5. The molecule has 0 bridgehead atoms. The Hall–Kier alpha value is -7.36. The molecule has 1 unspecified atom stereocenters. The summed E-state index contributed by atoms with van der Waals surface area (Å²) in [5.41, 5.74) is 4.31. The van der Waals surface area contributed by atoms with Gasteiger partial charge in [-0.2, -0.15) is 0 Å². The fourth-order valence-corrected chi connectivity index (χ4v) is 7.36. The highest BCUT2D eigenvalue weighted by Crippen LogP contribution is 2.34. The van der Waals surface area contributed by atoms with E-state index < -0.39 is 29.7 Å². The summed E-state index contributed by atoms with van der Waals surface area (Å²) in [4.78, 5) is 104. The van der Waals surface area contributed by atoms with E-state index in [9.17, 15) is 38.4 Å². The van der Waals surface area contributed by atoms with Gasteiger partial charge in [-0.1, -0.05) is 12.1 Å². The number of piperidine rings is 1. The van der Waals surface area contributed by atoms with Crippen molar-refractivity contribution in [1.29, 1.82) is 0 Å². The van der Waals surface area contributed by atoms with Crippen LogP contribution in [0.1, 0.15) is 95.9 Å². The Labute approximate surface area is 344 Å². The molecule has 60 heavy (non-hydrogen) atoms. The third-order valence-corrected chi connectivity index (χ3v) is 10.7. The van der Waals surface area contributed by atoms with Crippen molar-refractivity contribution in [3.8, 4) is 5.75 Å². The summed E-state index contributed by atoms with van der Waals surface area (Å²) >= 11 is 0. The maximum Gasteiger partial charge on any atom is 0.262 e. The van der Waals surface area contributed by atoms with E-state index in [1.807, 2.05) is 17.0 Å². The molecule has 1 saturated heterocycles. The number of amides is 8. The molecular formula is C44H41N7O9. The highest BCUT2D eigenvalue weighted by molar-refractivity contribution is 6.23. The van der Waals surface area contributed by atoms with Crippen LogP contribution in [0.15, 0.2) is 84.9 Å². The van der Waals surface area contributed by atoms with E-state index in [1.165, 1.54) is 0 Å². The van der Waals surface area contributed by atoms with Gasteiger partial charge >= 0.3 is 0 Å². The topological polar surface area (TPSA) is 212 Å². The predicted molar refractivity (Wildman–Crippen MR) is 217 cm³/mol. The van der Waals surface area contributed by atoms with Gasteiger partial charge in [0.2, 0.25) is 11.8 Å².